The van der Waals surface area contributed by atoms with Gasteiger partial charge in [0.15, 0.2) is 5.82 Å². The minimum absolute atomic E-state index is 0.343. The van der Waals surface area contributed by atoms with Gasteiger partial charge in [0.1, 0.15) is 12.4 Å². The van der Waals surface area contributed by atoms with E-state index < -0.39 is 8.07 Å². The van der Waals surface area contributed by atoms with Gasteiger partial charge in [-0.1, -0.05) is 19.6 Å². The third-order valence-electron chi connectivity index (χ3n) is 3.44. The van der Waals surface area contributed by atoms with Gasteiger partial charge < -0.3 is 14.0 Å². The Morgan fingerprint density at radius 1 is 1.25 bits per heavy atom. The average molecular weight is 347 g/mol. The van der Waals surface area contributed by atoms with Crippen LogP contribution in [0.4, 0.5) is 0 Å². The number of aromatic nitrogens is 3. The standard InChI is InChI=1S/C17H25N3O3Si/c1-5-23-17(21)14-6-7-18-15(12-14)16-19-8-9-20(16)13-22-10-11-24(2,3)4/h6-9,12H,5,10-11,13H2,1-4H3. The highest BCUT2D eigenvalue weighted by Gasteiger charge is 2.14. The minimum Gasteiger partial charge on any atom is -0.462 e. The first-order chi connectivity index (χ1) is 11.4. The van der Waals surface area contributed by atoms with Gasteiger partial charge in [-0.2, -0.15) is 0 Å². The van der Waals surface area contributed by atoms with Gasteiger partial charge in [0.05, 0.1) is 12.2 Å². The zero-order valence-electron chi connectivity index (χ0n) is 14.8. The quantitative estimate of drug-likeness (QED) is 0.416. The largest absolute Gasteiger partial charge is 0.462 e. The predicted molar refractivity (Wildman–Crippen MR) is 95.5 cm³/mol. The molecule has 0 aromatic carbocycles. The van der Waals surface area contributed by atoms with Gasteiger partial charge in [0.2, 0.25) is 0 Å². The second kappa shape index (κ2) is 8.21. The Hall–Kier alpha value is -1.99. The van der Waals surface area contributed by atoms with Crippen molar-refractivity contribution in [2.45, 2.75) is 39.3 Å². The molecule has 130 valence electrons. The Labute approximate surface area is 143 Å². The van der Waals surface area contributed by atoms with Crippen molar-refractivity contribution in [3.8, 4) is 11.5 Å². The van der Waals surface area contributed by atoms with Gasteiger partial charge in [0.25, 0.3) is 0 Å². The summed E-state index contributed by atoms with van der Waals surface area (Å²) >= 11 is 0. The van der Waals surface area contributed by atoms with Crippen LogP contribution in [0.25, 0.3) is 11.5 Å². The number of pyridine rings is 1. The summed E-state index contributed by atoms with van der Waals surface area (Å²) < 4.78 is 12.7. The first-order valence-electron chi connectivity index (χ1n) is 8.13. The van der Waals surface area contributed by atoms with Crippen LogP contribution >= 0.6 is 0 Å². The van der Waals surface area contributed by atoms with Gasteiger partial charge in [-0.15, -0.1) is 0 Å². The molecular formula is C17H25N3O3Si. The summed E-state index contributed by atoms with van der Waals surface area (Å²) in [5, 5.41) is 0. The molecular weight excluding hydrogens is 322 g/mol. The fraction of sp³-hybridized carbons (Fsp3) is 0.471. The van der Waals surface area contributed by atoms with Crippen molar-refractivity contribution in [3.05, 3.63) is 36.3 Å². The Balaban J connectivity index is 2.07. The smallest absolute Gasteiger partial charge is 0.338 e. The highest BCUT2D eigenvalue weighted by Crippen LogP contribution is 2.17. The van der Waals surface area contributed by atoms with E-state index >= 15 is 0 Å². The van der Waals surface area contributed by atoms with E-state index in [1.165, 1.54) is 0 Å². The van der Waals surface area contributed by atoms with E-state index in [9.17, 15) is 4.79 Å². The molecule has 0 unspecified atom stereocenters. The molecule has 24 heavy (non-hydrogen) atoms. The van der Waals surface area contributed by atoms with Crippen LogP contribution in [0.1, 0.15) is 17.3 Å². The number of nitrogens with zero attached hydrogens (tertiary/aromatic N) is 3. The van der Waals surface area contributed by atoms with Crippen molar-refractivity contribution >= 4 is 14.0 Å². The second-order valence-electron chi connectivity index (χ2n) is 6.72. The van der Waals surface area contributed by atoms with E-state index in [1.807, 2.05) is 10.8 Å². The zero-order chi connectivity index (χ0) is 17.6. The maximum Gasteiger partial charge on any atom is 0.338 e. The monoisotopic (exact) mass is 347 g/mol. The summed E-state index contributed by atoms with van der Waals surface area (Å²) in [6, 6.07) is 4.45. The molecule has 0 atom stereocenters. The molecule has 0 bridgehead atoms. The molecule has 2 heterocycles. The molecule has 0 aliphatic carbocycles. The Morgan fingerprint density at radius 3 is 2.75 bits per heavy atom. The van der Waals surface area contributed by atoms with Crippen molar-refractivity contribution in [2.75, 3.05) is 13.2 Å². The molecule has 0 amide bonds. The number of esters is 1. The molecule has 2 aromatic rings. The minimum atomic E-state index is -1.10. The van der Waals surface area contributed by atoms with E-state index in [-0.39, 0.29) is 5.97 Å². The van der Waals surface area contributed by atoms with Crippen molar-refractivity contribution in [1.82, 2.24) is 14.5 Å². The maximum atomic E-state index is 11.9. The SMILES string of the molecule is CCOC(=O)c1ccnc(-c2nccn2COCC[Si](C)(C)C)c1. The number of carbonyl (C=O) groups excluding carboxylic acids is 1. The number of imidazole rings is 1. The van der Waals surface area contributed by atoms with Gasteiger partial charge in [-0.05, 0) is 25.1 Å². The van der Waals surface area contributed by atoms with Crippen molar-refractivity contribution in [2.24, 2.45) is 0 Å². The summed E-state index contributed by atoms with van der Waals surface area (Å²) in [7, 11) is -1.10. The molecule has 0 saturated carbocycles. The summed E-state index contributed by atoms with van der Waals surface area (Å²) in [6.07, 6.45) is 5.14. The normalized spacial score (nSPS) is 11.5. The number of hydrogen-bond acceptors (Lipinski definition) is 5. The van der Waals surface area contributed by atoms with E-state index in [0.717, 1.165) is 12.7 Å². The van der Waals surface area contributed by atoms with Crippen LogP contribution in [0.2, 0.25) is 25.7 Å². The predicted octanol–water partition coefficient (Wildman–Crippen LogP) is 3.43. The number of hydrogen-bond donors (Lipinski definition) is 0. The van der Waals surface area contributed by atoms with Crippen molar-refractivity contribution < 1.29 is 14.3 Å². The van der Waals surface area contributed by atoms with Crippen LogP contribution in [0.15, 0.2) is 30.7 Å². The molecule has 2 aromatic heterocycles. The number of rotatable bonds is 8. The molecule has 0 spiro atoms. The average Bonchev–Trinajstić information content (AvgIpc) is 2.99. The third-order valence-corrected chi connectivity index (χ3v) is 5.15. The Morgan fingerprint density at radius 2 is 2.04 bits per heavy atom. The second-order valence-corrected chi connectivity index (χ2v) is 12.3. The van der Waals surface area contributed by atoms with E-state index in [4.69, 9.17) is 9.47 Å². The van der Waals surface area contributed by atoms with Gasteiger partial charge in [0, 0.05) is 33.3 Å². The lowest BCUT2D eigenvalue weighted by atomic mass is 10.2. The van der Waals surface area contributed by atoms with Crippen LogP contribution in [0.5, 0.6) is 0 Å². The molecule has 0 radical (unpaired) electrons. The van der Waals surface area contributed by atoms with Gasteiger partial charge in [-0.3, -0.25) is 4.98 Å². The Bertz CT molecular complexity index is 680. The van der Waals surface area contributed by atoms with Crippen LogP contribution in [-0.2, 0) is 16.2 Å². The maximum absolute atomic E-state index is 11.9. The van der Waals surface area contributed by atoms with Crippen LogP contribution in [-0.4, -0.2) is 41.8 Å². The van der Waals surface area contributed by atoms with E-state index in [2.05, 4.69) is 29.6 Å². The summed E-state index contributed by atoms with van der Waals surface area (Å²) in [4.78, 5) is 20.5. The number of ether oxygens (including phenoxy) is 2. The molecule has 0 saturated heterocycles. The van der Waals surface area contributed by atoms with E-state index in [1.54, 1.807) is 31.5 Å². The first-order valence-corrected chi connectivity index (χ1v) is 11.8. The zero-order valence-corrected chi connectivity index (χ0v) is 15.8. The van der Waals surface area contributed by atoms with Gasteiger partial charge >= 0.3 is 5.97 Å². The lowest BCUT2D eigenvalue weighted by Crippen LogP contribution is -2.22. The van der Waals surface area contributed by atoms with E-state index in [0.29, 0.717) is 30.4 Å². The Kier molecular flexibility index (Phi) is 6.27. The fourth-order valence-corrected chi connectivity index (χ4v) is 2.84. The molecule has 0 fully saturated rings. The fourth-order valence-electron chi connectivity index (χ4n) is 2.08. The van der Waals surface area contributed by atoms with Crippen LogP contribution < -0.4 is 0 Å². The lowest BCUT2D eigenvalue weighted by molar-refractivity contribution is 0.0526. The third kappa shape index (κ3) is 5.28. The summed E-state index contributed by atoms with van der Waals surface area (Å²) in [6.45, 7) is 10.3. The lowest BCUT2D eigenvalue weighted by Gasteiger charge is -2.16. The van der Waals surface area contributed by atoms with Crippen molar-refractivity contribution in [1.29, 1.82) is 0 Å². The molecule has 6 nitrogen and oxygen atoms in total. The highest BCUT2D eigenvalue weighted by molar-refractivity contribution is 6.76. The van der Waals surface area contributed by atoms with Crippen molar-refractivity contribution in [3.63, 3.8) is 0 Å². The summed E-state index contributed by atoms with van der Waals surface area (Å²) in [5.41, 5.74) is 1.09. The summed E-state index contributed by atoms with van der Waals surface area (Å²) in [5.74, 6) is 0.319. The molecule has 2 rings (SSSR count). The van der Waals surface area contributed by atoms with Crippen LogP contribution in [0.3, 0.4) is 0 Å². The number of carbonyl (C=O) groups is 1. The molecule has 0 N–H and O–H groups in total. The highest BCUT2D eigenvalue weighted by atomic mass is 28.3. The topological polar surface area (TPSA) is 66.2 Å². The molecule has 0 aliphatic rings. The van der Waals surface area contributed by atoms with Gasteiger partial charge in [-0.25, -0.2) is 9.78 Å². The first kappa shape index (κ1) is 18.3. The molecule has 0 aliphatic heterocycles. The van der Waals surface area contributed by atoms with Crippen LogP contribution in [0, 0.1) is 0 Å². The molecule has 7 heteroatoms.